The zero-order valence-electron chi connectivity index (χ0n) is 22.1. The second-order valence-corrected chi connectivity index (χ2v) is 13.3. The number of ether oxygens (including phenoxy) is 1. The minimum absolute atomic E-state index is 0.104. The van der Waals surface area contributed by atoms with Crippen molar-refractivity contribution in [2.24, 2.45) is 52.3 Å². The van der Waals surface area contributed by atoms with E-state index in [4.69, 9.17) is 4.74 Å². The van der Waals surface area contributed by atoms with Gasteiger partial charge in [-0.15, -0.1) is 0 Å². The summed E-state index contributed by atoms with van der Waals surface area (Å²) in [7, 11) is 0. The van der Waals surface area contributed by atoms with Gasteiger partial charge in [-0.1, -0.05) is 66.0 Å². The lowest BCUT2D eigenvalue weighted by Gasteiger charge is -2.58. The lowest BCUT2D eigenvalue weighted by atomic mass is 9.47. The summed E-state index contributed by atoms with van der Waals surface area (Å²) in [6.07, 6.45) is 15.9. The summed E-state index contributed by atoms with van der Waals surface area (Å²) in [6, 6.07) is 0. The van der Waals surface area contributed by atoms with Crippen LogP contribution in [0.25, 0.3) is 0 Å². The predicted octanol–water partition coefficient (Wildman–Crippen LogP) is 8.21. The summed E-state index contributed by atoms with van der Waals surface area (Å²) >= 11 is 0. The first-order valence-corrected chi connectivity index (χ1v) is 13.9. The molecule has 3 saturated carbocycles. The molecule has 0 aliphatic heterocycles. The fraction of sp³-hybridized carbons (Fsp3) is 0.900. The van der Waals surface area contributed by atoms with Gasteiger partial charge in [-0.2, -0.15) is 0 Å². The van der Waals surface area contributed by atoms with Crippen molar-refractivity contribution in [2.75, 3.05) is 0 Å². The summed E-state index contributed by atoms with van der Waals surface area (Å²) < 4.78 is 5.64. The molecule has 32 heavy (non-hydrogen) atoms. The molecule has 0 aromatic heterocycles. The average Bonchev–Trinajstić information content (AvgIpc) is 3.08. The van der Waals surface area contributed by atoms with Gasteiger partial charge in [0.1, 0.15) is 6.10 Å². The number of fused-ring (bicyclic) bond motifs is 5. The average molecular weight is 443 g/mol. The molecule has 0 spiro atoms. The van der Waals surface area contributed by atoms with Crippen molar-refractivity contribution in [3.05, 3.63) is 11.6 Å². The second kappa shape index (κ2) is 9.10. The SMILES string of the molecule is CC(=O)O[C@@H]1CC[C@]2(C)[C@H](CC=C3[C@@H]4CC[C@H]([C@H](C)CC[C@H](C)C(C)C)[C@]4(C)CC[C@@H]32)C1. The van der Waals surface area contributed by atoms with Crippen LogP contribution in [0, 0.1) is 52.3 Å². The van der Waals surface area contributed by atoms with Crippen molar-refractivity contribution in [2.45, 2.75) is 119 Å². The maximum atomic E-state index is 11.5. The Balaban J connectivity index is 1.47. The third-order valence-corrected chi connectivity index (χ3v) is 11.3. The Kier molecular flexibility index (Phi) is 6.92. The standard InChI is InChI=1S/C30H50O2/c1-19(2)20(3)8-9-21(4)26-12-13-27-25-11-10-23-18-24(32-22(5)31)14-16-29(23,6)28(25)15-17-30(26,27)7/h11,19-21,23-24,26-28H,8-10,12-18H2,1-7H3/t20-,21+,23+,24+,26+,27-,28-,29+,30-/m0/s1. The van der Waals surface area contributed by atoms with Crippen molar-refractivity contribution < 1.29 is 9.53 Å². The number of esters is 1. The molecule has 0 N–H and O–H groups in total. The summed E-state index contributed by atoms with van der Waals surface area (Å²) in [5.41, 5.74) is 2.79. The van der Waals surface area contributed by atoms with Crippen molar-refractivity contribution in [3.63, 3.8) is 0 Å². The molecule has 2 heteroatoms. The third kappa shape index (κ3) is 4.22. The molecule has 4 aliphatic rings. The van der Waals surface area contributed by atoms with E-state index in [0.29, 0.717) is 16.7 Å². The van der Waals surface area contributed by atoms with Gasteiger partial charge in [-0.25, -0.2) is 0 Å². The molecule has 0 heterocycles. The zero-order valence-corrected chi connectivity index (χ0v) is 22.1. The fourth-order valence-corrected chi connectivity index (χ4v) is 8.85. The topological polar surface area (TPSA) is 26.3 Å². The molecule has 0 amide bonds. The van der Waals surface area contributed by atoms with Gasteiger partial charge in [0.2, 0.25) is 0 Å². The molecule has 9 atom stereocenters. The van der Waals surface area contributed by atoms with Crippen LogP contribution in [0.1, 0.15) is 113 Å². The monoisotopic (exact) mass is 442 g/mol. The van der Waals surface area contributed by atoms with E-state index in [0.717, 1.165) is 48.3 Å². The molecule has 0 radical (unpaired) electrons. The quantitative estimate of drug-likeness (QED) is 0.306. The smallest absolute Gasteiger partial charge is 0.302 e. The maximum absolute atomic E-state index is 11.5. The Morgan fingerprint density at radius 1 is 1.00 bits per heavy atom. The van der Waals surface area contributed by atoms with E-state index in [1.54, 1.807) is 6.92 Å². The van der Waals surface area contributed by atoms with Crippen molar-refractivity contribution >= 4 is 5.97 Å². The van der Waals surface area contributed by atoms with Gasteiger partial charge < -0.3 is 4.74 Å². The molecule has 4 rings (SSSR count). The van der Waals surface area contributed by atoms with Gasteiger partial charge in [0.25, 0.3) is 0 Å². The van der Waals surface area contributed by atoms with Crippen LogP contribution in [0.3, 0.4) is 0 Å². The summed E-state index contributed by atoms with van der Waals surface area (Å²) in [5, 5.41) is 0. The van der Waals surface area contributed by atoms with Crippen LogP contribution in [0.15, 0.2) is 11.6 Å². The van der Waals surface area contributed by atoms with Crippen LogP contribution in [-0.2, 0) is 9.53 Å². The highest BCUT2D eigenvalue weighted by molar-refractivity contribution is 5.66. The van der Waals surface area contributed by atoms with Gasteiger partial charge in [-0.3, -0.25) is 4.79 Å². The third-order valence-electron chi connectivity index (χ3n) is 11.3. The van der Waals surface area contributed by atoms with Crippen molar-refractivity contribution in [3.8, 4) is 0 Å². The van der Waals surface area contributed by atoms with Crippen LogP contribution in [0.4, 0.5) is 0 Å². The number of rotatable bonds is 6. The predicted molar refractivity (Wildman–Crippen MR) is 133 cm³/mol. The molecule has 0 bridgehead atoms. The summed E-state index contributed by atoms with van der Waals surface area (Å²) in [4.78, 5) is 11.5. The van der Waals surface area contributed by atoms with Crippen LogP contribution >= 0.6 is 0 Å². The molecular weight excluding hydrogens is 392 g/mol. The second-order valence-electron chi connectivity index (χ2n) is 13.3. The Hall–Kier alpha value is -0.790. The van der Waals surface area contributed by atoms with E-state index in [2.05, 4.69) is 47.6 Å². The highest BCUT2D eigenvalue weighted by atomic mass is 16.5. The number of carbonyl (C=O) groups is 1. The number of allylic oxidation sites excluding steroid dienone is 2. The lowest BCUT2D eigenvalue weighted by Crippen LogP contribution is -2.50. The Morgan fingerprint density at radius 2 is 1.69 bits per heavy atom. The van der Waals surface area contributed by atoms with Crippen molar-refractivity contribution in [1.82, 2.24) is 0 Å². The molecule has 3 fully saturated rings. The molecule has 0 aromatic carbocycles. The minimum atomic E-state index is -0.104. The highest BCUT2D eigenvalue weighted by Gasteiger charge is 2.58. The Bertz CT molecular complexity index is 722. The largest absolute Gasteiger partial charge is 0.463 e. The molecular formula is C30H50O2. The number of carbonyl (C=O) groups excluding carboxylic acids is 1. The molecule has 4 aliphatic carbocycles. The summed E-state index contributed by atoms with van der Waals surface area (Å²) in [6.45, 7) is 16.6. The van der Waals surface area contributed by atoms with Gasteiger partial charge in [0.15, 0.2) is 0 Å². The number of hydrogen-bond donors (Lipinski definition) is 0. The van der Waals surface area contributed by atoms with E-state index in [1.807, 2.05) is 5.57 Å². The zero-order chi connectivity index (χ0) is 23.3. The van der Waals surface area contributed by atoms with Crippen LogP contribution in [0.2, 0.25) is 0 Å². The maximum Gasteiger partial charge on any atom is 0.302 e. The first-order valence-electron chi connectivity index (χ1n) is 13.9. The fourth-order valence-electron chi connectivity index (χ4n) is 8.85. The van der Waals surface area contributed by atoms with Gasteiger partial charge in [0.05, 0.1) is 0 Å². The van der Waals surface area contributed by atoms with E-state index >= 15 is 0 Å². The van der Waals surface area contributed by atoms with Crippen LogP contribution in [0.5, 0.6) is 0 Å². The lowest BCUT2D eigenvalue weighted by molar-refractivity contribution is -0.152. The first kappa shape index (κ1) is 24.3. The Morgan fingerprint density at radius 3 is 2.38 bits per heavy atom. The normalized spacial score (nSPS) is 43.0. The van der Waals surface area contributed by atoms with E-state index in [1.165, 1.54) is 51.4 Å². The van der Waals surface area contributed by atoms with Gasteiger partial charge in [0, 0.05) is 6.92 Å². The number of hydrogen-bond acceptors (Lipinski definition) is 2. The molecule has 0 aromatic rings. The van der Waals surface area contributed by atoms with Gasteiger partial charge in [-0.05, 0) is 104 Å². The molecule has 182 valence electrons. The molecule has 0 unspecified atom stereocenters. The van der Waals surface area contributed by atoms with Crippen molar-refractivity contribution in [1.29, 1.82) is 0 Å². The minimum Gasteiger partial charge on any atom is -0.463 e. The molecule has 2 nitrogen and oxygen atoms in total. The first-order chi connectivity index (χ1) is 15.1. The Labute approximate surface area is 198 Å². The molecule has 0 saturated heterocycles. The van der Waals surface area contributed by atoms with Gasteiger partial charge >= 0.3 is 5.97 Å². The van der Waals surface area contributed by atoms with Crippen LogP contribution in [-0.4, -0.2) is 12.1 Å². The van der Waals surface area contributed by atoms with E-state index in [9.17, 15) is 4.79 Å². The van der Waals surface area contributed by atoms with E-state index < -0.39 is 0 Å². The van der Waals surface area contributed by atoms with E-state index in [-0.39, 0.29) is 12.1 Å². The highest BCUT2D eigenvalue weighted by Crippen LogP contribution is 2.67. The summed E-state index contributed by atoms with van der Waals surface area (Å²) in [5.74, 6) is 5.58. The van der Waals surface area contributed by atoms with Crippen LogP contribution < -0.4 is 0 Å².